The molecule has 3 nitrogen and oxygen atoms in total. The summed E-state index contributed by atoms with van der Waals surface area (Å²) < 4.78 is 7.09. The van der Waals surface area contributed by atoms with E-state index in [1.54, 1.807) is 0 Å². The molecule has 3 N–H and O–H groups in total. The third-order valence-electron chi connectivity index (χ3n) is 3.68. The summed E-state index contributed by atoms with van der Waals surface area (Å²) in [6, 6.07) is 16.6. The Kier molecular flexibility index (Phi) is 4.05. The van der Waals surface area contributed by atoms with E-state index >= 15 is 0 Å². The van der Waals surface area contributed by atoms with E-state index in [0.29, 0.717) is 0 Å². The molecule has 0 radical (unpaired) electrons. The molecule has 0 saturated heterocycles. The zero-order valence-corrected chi connectivity index (χ0v) is 12.6. The summed E-state index contributed by atoms with van der Waals surface area (Å²) in [4.78, 5) is 0. The summed E-state index contributed by atoms with van der Waals surface area (Å²) in [6.07, 6.45) is 1.82. The van der Waals surface area contributed by atoms with Gasteiger partial charge in [0.2, 0.25) is 0 Å². The Morgan fingerprint density at radius 1 is 1.25 bits per heavy atom. The van der Waals surface area contributed by atoms with Crippen molar-refractivity contribution in [3.63, 3.8) is 0 Å². The molecule has 0 saturated carbocycles. The van der Waals surface area contributed by atoms with E-state index in [-0.39, 0.29) is 12.1 Å². The summed E-state index contributed by atoms with van der Waals surface area (Å²) in [6.45, 7) is 0. The molecule has 2 aromatic carbocycles. The summed E-state index contributed by atoms with van der Waals surface area (Å²) in [5.74, 6) is 6.71. The Bertz CT molecular complexity index is 578. The van der Waals surface area contributed by atoms with Crippen molar-refractivity contribution in [2.45, 2.75) is 25.0 Å². The lowest BCUT2D eigenvalue weighted by Crippen LogP contribution is -2.47. The van der Waals surface area contributed by atoms with Crippen molar-refractivity contribution in [3.8, 4) is 5.75 Å². The van der Waals surface area contributed by atoms with Gasteiger partial charge in [0.1, 0.15) is 11.9 Å². The lowest BCUT2D eigenvalue weighted by atomic mass is 9.98. The number of hydrogen-bond donors (Lipinski definition) is 2. The first-order valence-corrected chi connectivity index (χ1v) is 7.50. The van der Waals surface area contributed by atoms with Crippen LogP contribution < -0.4 is 16.0 Å². The third-order valence-corrected chi connectivity index (χ3v) is 4.17. The maximum Gasteiger partial charge on any atom is 0.123 e. The average Bonchev–Trinajstić information content (AvgIpc) is 2.88. The zero-order valence-electron chi connectivity index (χ0n) is 11.1. The largest absolute Gasteiger partial charge is 0.488 e. The number of nitrogens with two attached hydrogens (primary N) is 1. The Balaban J connectivity index is 1.72. The number of hydrazine groups is 1. The fourth-order valence-electron chi connectivity index (χ4n) is 2.65. The van der Waals surface area contributed by atoms with Crippen LogP contribution in [0, 0.1) is 0 Å². The number of benzene rings is 2. The molecule has 4 heteroatoms. The molecule has 1 heterocycles. The Morgan fingerprint density at radius 3 is 2.85 bits per heavy atom. The van der Waals surface area contributed by atoms with Gasteiger partial charge in [0.25, 0.3) is 0 Å². The summed E-state index contributed by atoms with van der Waals surface area (Å²) in [5.41, 5.74) is 5.40. The number of nitrogens with one attached hydrogen (secondary N) is 1. The van der Waals surface area contributed by atoms with Gasteiger partial charge in [-0.25, -0.2) is 0 Å². The zero-order chi connectivity index (χ0) is 13.9. The maximum absolute atomic E-state index is 6.01. The minimum atomic E-state index is 0.0800. The van der Waals surface area contributed by atoms with Crippen molar-refractivity contribution in [2.24, 2.45) is 5.84 Å². The lowest BCUT2D eigenvalue weighted by molar-refractivity contribution is 0.177. The molecule has 0 aliphatic carbocycles. The Hall–Kier alpha value is -1.36. The Morgan fingerprint density at radius 2 is 2.10 bits per heavy atom. The second kappa shape index (κ2) is 5.95. The highest BCUT2D eigenvalue weighted by atomic mass is 79.9. The monoisotopic (exact) mass is 332 g/mol. The van der Waals surface area contributed by atoms with Crippen molar-refractivity contribution in [3.05, 3.63) is 64.1 Å². The quantitative estimate of drug-likeness (QED) is 0.668. The highest BCUT2D eigenvalue weighted by Crippen LogP contribution is 2.30. The normalized spacial score (nSPS) is 18.4. The molecule has 2 unspecified atom stereocenters. The van der Waals surface area contributed by atoms with Crippen LogP contribution in [0.4, 0.5) is 0 Å². The number of fused-ring (bicyclic) bond motifs is 1. The topological polar surface area (TPSA) is 47.3 Å². The summed E-state index contributed by atoms with van der Waals surface area (Å²) >= 11 is 3.50. The predicted octanol–water partition coefficient (Wildman–Crippen LogP) is 2.83. The number of hydrogen-bond acceptors (Lipinski definition) is 3. The second-order valence-electron chi connectivity index (χ2n) is 5.08. The van der Waals surface area contributed by atoms with E-state index < -0.39 is 0 Å². The molecule has 2 aromatic rings. The summed E-state index contributed by atoms with van der Waals surface area (Å²) in [7, 11) is 0. The molecule has 0 bridgehead atoms. The van der Waals surface area contributed by atoms with Crippen molar-refractivity contribution >= 4 is 15.9 Å². The van der Waals surface area contributed by atoms with E-state index in [4.69, 9.17) is 10.6 Å². The third kappa shape index (κ3) is 2.87. The van der Waals surface area contributed by atoms with Gasteiger partial charge in [-0.3, -0.25) is 11.3 Å². The maximum atomic E-state index is 6.01. The standard InChI is InChI=1S/C16H17BrN2O/c17-13-6-3-4-11(8-13)9-14(19-18)16-10-12-5-1-2-7-15(12)20-16/h1-8,14,16,19H,9-10,18H2. The first-order valence-electron chi connectivity index (χ1n) is 6.71. The molecule has 104 valence electrons. The highest BCUT2D eigenvalue weighted by molar-refractivity contribution is 9.10. The molecule has 2 atom stereocenters. The average molecular weight is 333 g/mol. The molecule has 0 amide bonds. The van der Waals surface area contributed by atoms with Gasteiger partial charge >= 0.3 is 0 Å². The van der Waals surface area contributed by atoms with Gasteiger partial charge in [-0.2, -0.15) is 0 Å². The van der Waals surface area contributed by atoms with Crippen LogP contribution in [0.3, 0.4) is 0 Å². The molecule has 3 rings (SSSR count). The summed E-state index contributed by atoms with van der Waals surface area (Å²) in [5, 5.41) is 0. The van der Waals surface area contributed by atoms with Crippen LogP contribution in [0.1, 0.15) is 11.1 Å². The van der Waals surface area contributed by atoms with Gasteiger partial charge < -0.3 is 4.74 Å². The van der Waals surface area contributed by atoms with Crippen molar-refractivity contribution < 1.29 is 4.74 Å². The molecular formula is C16H17BrN2O. The fraction of sp³-hybridized carbons (Fsp3) is 0.250. The van der Waals surface area contributed by atoms with Crippen molar-refractivity contribution in [2.75, 3.05) is 0 Å². The van der Waals surface area contributed by atoms with E-state index in [1.807, 2.05) is 30.3 Å². The molecule has 1 aliphatic rings. The smallest absolute Gasteiger partial charge is 0.123 e. The van der Waals surface area contributed by atoms with Crippen molar-refractivity contribution in [1.29, 1.82) is 0 Å². The lowest BCUT2D eigenvalue weighted by Gasteiger charge is -2.22. The SMILES string of the molecule is NNC(Cc1cccc(Br)c1)C1Cc2ccccc2O1. The molecule has 1 aliphatic heterocycles. The van der Waals surface area contributed by atoms with E-state index in [0.717, 1.165) is 23.1 Å². The minimum absolute atomic E-state index is 0.0800. The predicted molar refractivity (Wildman–Crippen MR) is 83.5 cm³/mol. The van der Waals surface area contributed by atoms with Gasteiger partial charge in [0.15, 0.2) is 0 Å². The molecule has 0 aromatic heterocycles. The van der Waals surface area contributed by atoms with Gasteiger partial charge in [-0.1, -0.05) is 46.3 Å². The van der Waals surface area contributed by atoms with Gasteiger partial charge in [0, 0.05) is 10.9 Å². The van der Waals surface area contributed by atoms with Gasteiger partial charge in [0.05, 0.1) is 6.04 Å². The van der Waals surface area contributed by atoms with Crippen LogP contribution >= 0.6 is 15.9 Å². The molecule has 0 fully saturated rings. The fourth-order valence-corrected chi connectivity index (χ4v) is 3.10. The first-order chi connectivity index (χ1) is 9.76. The van der Waals surface area contributed by atoms with Crippen LogP contribution in [-0.4, -0.2) is 12.1 Å². The van der Waals surface area contributed by atoms with Crippen LogP contribution in [-0.2, 0) is 12.8 Å². The van der Waals surface area contributed by atoms with Gasteiger partial charge in [-0.15, -0.1) is 0 Å². The number of rotatable bonds is 4. The van der Waals surface area contributed by atoms with Crippen LogP contribution in [0.15, 0.2) is 53.0 Å². The van der Waals surface area contributed by atoms with E-state index in [2.05, 4.69) is 39.6 Å². The van der Waals surface area contributed by atoms with Crippen LogP contribution in [0.2, 0.25) is 0 Å². The number of ether oxygens (including phenoxy) is 1. The number of para-hydroxylation sites is 1. The second-order valence-corrected chi connectivity index (χ2v) is 5.99. The Labute approximate surface area is 127 Å². The minimum Gasteiger partial charge on any atom is -0.488 e. The first kappa shape index (κ1) is 13.6. The molecular weight excluding hydrogens is 316 g/mol. The van der Waals surface area contributed by atoms with Crippen LogP contribution in [0.25, 0.3) is 0 Å². The highest BCUT2D eigenvalue weighted by Gasteiger charge is 2.29. The van der Waals surface area contributed by atoms with E-state index in [1.165, 1.54) is 11.1 Å². The van der Waals surface area contributed by atoms with E-state index in [9.17, 15) is 0 Å². The van der Waals surface area contributed by atoms with Crippen molar-refractivity contribution in [1.82, 2.24) is 5.43 Å². The van der Waals surface area contributed by atoms with Crippen LogP contribution in [0.5, 0.6) is 5.75 Å². The molecule has 20 heavy (non-hydrogen) atoms. The van der Waals surface area contributed by atoms with Gasteiger partial charge in [-0.05, 0) is 35.7 Å². The number of halogens is 1. The molecule has 0 spiro atoms.